The van der Waals surface area contributed by atoms with Crippen molar-refractivity contribution in [2.45, 2.75) is 25.7 Å². The van der Waals surface area contributed by atoms with Crippen molar-refractivity contribution in [1.82, 2.24) is 10.3 Å². The number of hydrogen-bond acceptors (Lipinski definition) is 5. The number of alkyl carbamates (subject to hydrolysis) is 1. The molecule has 1 aromatic carbocycles. The number of pyridine rings is 1. The molecule has 122 valence electrons. The maximum absolute atomic E-state index is 11.6. The Morgan fingerprint density at radius 1 is 1.26 bits per heavy atom. The van der Waals surface area contributed by atoms with Gasteiger partial charge in [0.05, 0.1) is 0 Å². The van der Waals surface area contributed by atoms with Crippen LogP contribution in [-0.4, -0.2) is 33.9 Å². The summed E-state index contributed by atoms with van der Waals surface area (Å²) in [4.78, 5) is 15.5. The lowest BCUT2D eigenvalue weighted by atomic mass is 10.0. The van der Waals surface area contributed by atoms with Crippen molar-refractivity contribution in [2.75, 3.05) is 6.54 Å². The summed E-state index contributed by atoms with van der Waals surface area (Å²) in [6, 6.07) is 10.9. The number of aliphatic hydroxyl groups is 2. The number of carbonyl (C=O) groups is 1. The lowest BCUT2D eigenvalue weighted by Gasteiger charge is -2.19. The number of carbonyl (C=O) groups excluding carboxylic acids is 1. The van der Waals surface area contributed by atoms with Crippen LogP contribution in [-0.2, 0) is 11.3 Å². The molecule has 0 spiro atoms. The van der Waals surface area contributed by atoms with Gasteiger partial charge in [0.2, 0.25) is 0 Å². The van der Waals surface area contributed by atoms with E-state index >= 15 is 0 Å². The van der Waals surface area contributed by atoms with Crippen LogP contribution in [0.25, 0.3) is 0 Å². The molecule has 2 rings (SSSR count). The van der Waals surface area contributed by atoms with Gasteiger partial charge >= 0.3 is 6.09 Å². The van der Waals surface area contributed by atoms with E-state index in [0.29, 0.717) is 5.56 Å². The fourth-order valence-corrected chi connectivity index (χ4v) is 2.10. The molecule has 0 saturated carbocycles. The van der Waals surface area contributed by atoms with Gasteiger partial charge < -0.3 is 20.3 Å². The second-order valence-corrected chi connectivity index (χ2v) is 5.19. The second kappa shape index (κ2) is 8.26. The average Bonchev–Trinajstić information content (AvgIpc) is 2.58. The van der Waals surface area contributed by atoms with Crippen LogP contribution in [0.4, 0.5) is 4.79 Å². The predicted molar refractivity (Wildman–Crippen MR) is 84.6 cm³/mol. The van der Waals surface area contributed by atoms with Gasteiger partial charge in [0, 0.05) is 18.9 Å². The van der Waals surface area contributed by atoms with Crippen molar-refractivity contribution in [3.8, 4) is 0 Å². The Balaban J connectivity index is 1.78. The van der Waals surface area contributed by atoms with Crippen LogP contribution in [0.5, 0.6) is 0 Å². The van der Waals surface area contributed by atoms with Crippen LogP contribution in [0.15, 0.2) is 48.8 Å². The number of rotatable bonds is 6. The van der Waals surface area contributed by atoms with Gasteiger partial charge in [-0.2, -0.15) is 0 Å². The highest BCUT2D eigenvalue weighted by Crippen LogP contribution is 2.19. The average molecular weight is 316 g/mol. The van der Waals surface area contributed by atoms with E-state index in [0.717, 1.165) is 11.1 Å². The van der Waals surface area contributed by atoms with Crippen LogP contribution < -0.4 is 5.32 Å². The van der Waals surface area contributed by atoms with E-state index in [1.54, 1.807) is 25.4 Å². The zero-order chi connectivity index (χ0) is 16.7. The molecule has 0 bridgehead atoms. The molecule has 2 atom stereocenters. The normalized spacial score (nSPS) is 13.2. The molecule has 0 aliphatic carbocycles. The molecule has 0 aliphatic rings. The first kappa shape index (κ1) is 16.9. The minimum atomic E-state index is -1.14. The lowest BCUT2D eigenvalue weighted by Crippen LogP contribution is -2.36. The lowest BCUT2D eigenvalue weighted by molar-refractivity contribution is 0.0180. The summed E-state index contributed by atoms with van der Waals surface area (Å²) >= 11 is 0. The first-order valence-corrected chi connectivity index (χ1v) is 7.29. The third kappa shape index (κ3) is 5.05. The van der Waals surface area contributed by atoms with Gasteiger partial charge in [0.1, 0.15) is 18.8 Å². The van der Waals surface area contributed by atoms with E-state index in [2.05, 4.69) is 10.3 Å². The Bertz CT molecular complexity index is 634. The molecule has 2 aromatic rings. The van der Waals surface area contributed by atoms with Crippen LogP contribution in [0.3, 0.4) is 0 Å². The van der Waals surface area contributed by atoms with E-state index in [1.165, 1.54) is 0 Å². The van der Waals surface area contributed by atoms with Crippen LogP contribution in [0, 0.1) is 6.92 Å². The Morgan fingerprint density at radius 2 is 2.00 bits per heavy atom. The Morgan fingerprint density at radius 3 is 2.70 bits per heavy atom. The van der Waals surface area contributed by atoms with Gasteiger partial charge in [-0.1, -0.05) is 30.3 Å². The number of aryl methyl sites for hydroxylation is 1. The van der Waals surface area contributed by atoms with Crippen LogP contribution in [0.1, 0.15) is 22.8 Å². The molecule has 0 saturated heterocycles. The maximum Gasteiger partial charge on any atom is 0.407 e. The van der Waals surface area contributed by atoms with Crippen LogP contribution in [0.2, 0.25) is 0 Å². The molecule has 0 radical (unpaired) electrons. The number of aromatic nitrogens is 1. The van der Waals surface area contributed by atoms with Crippen molar-refractivity contribution in [3.05, 3.63) is 65.5 Å². The smallest absolute Gasteiger partial charge is 0.407 e. The maximum atomic E-state index is 11.6. The summed E-state index contributed by atoms with van der Waals surface area (Å²) in [6.45, 7) is 1.82. The van der Waals surface area contributed by atoms with Crippen molar-refractivity contribution in [3.63, 3.8) is 0 Å². The van der Waals surface area contributed by atoms with E-state index < -0.39 is 18.3 Å². The highest BCUT2D eigenvalue weighted by atomic mass is 16.5. The quantitative estimate of drug-likeness (QED) is 0.754. The first-order chi connectivity index (χ1) is 11.1. The minimum absolute atomic E-state index is 0.115. The molecule has 1 amide bonds. The SMILES string of the molecule is Cc1cnccc1C(O)C(O)CNC(=O)OCc1ccccc1. The zero-order valence-electron chi connectivity index (χ0n) is 12.8. The molecular formula is C17H20N2O4. The molecule has 0 fully saturated rings. The molecule has 1 aromatic heterocycles. The minimum Gasteiger partial charge on any atom is -0.445 e. The van der Waals surface area contributed by atoms with E-state index in [1.807, 2.05) is 30.3 Å². The van der Waals surface area contributed by atoms with Crippen LogP contribution >= 0.6 is 0 Å². The Hall–Kier alpha value is -2.44. The van der Waals surface area contributed by atoms with Crippen molar-refractivity contribution in [1.29, 1.82) is 0 Å². The molecule has 3 N–H and O–H groups in total. The number of nitrogens with one attached hydrogen (secondary N) is 1. The molecule has 6 nitrogen and oxygen atoms in total. The van der Waals surface area contributed by atoms with Crippen molar-refractivity contribution >= 4 is 6.09 Å². The first-order valence-electron chi connectivity index (χ1n) is 7.29. The predicted octanol–water partition coefficient (Wildman–Crippen LogP) is 1.71. The fraction of sp³-hybridized carbons (Fsp3) is 0.294. The molecule has 6 heteroatoms. The topological polar surface area (TPSA) is 91.7 Å². The highest BCUT2D eigenvalue weighted by Gasteiger charge is 2.20. The summed E-state index contributed by atoms with van der Waals surface area (Å²) in [5, 5.41) is 22.5. The Kier molecular flexibility index (Phi) is 6.08. The van der Waals surface area contributed by atoms with E-state index in [9.17, 15) is 15.0 Å². The standard InChI is InChI=1S/C17H20N2O4/c1-12-9-18-8-7-14(12)16(21)15(20)10-19-17(22)23-11-13-5-3-2-4-6-13/h2-9,15-16,20-21H,10-11H2,1H3,(H,19,22). The summed E-state index contributed by atoms with van der Waals surface area (Å²) in [5.41, 5.74) is 2.22. The van der Waals surface area contributed by atoms with Gasteiger partial charge in [-0.05, 0) is 29.7 Å². The van der Waals surface area contributed by atoms with Gasteiger partial charge in [-0.25, -0.2) is 4.79 Å². The number of ether oxygens (including phenoxy) is 1. The highest BCUT2D eigenvalue weighted by molar-refractivity contribution is 5.67. The van der Waals surface area contributed by atoms with Gasteiger partial charge in [-0.3, -0.25) is 4.98 Å². The zero-order valence-corrected chi connectivity index (χ0v) is 12.8. The molecule has 2 unspecified atom stereocenters. The van der Waals surface area contributed by atoms with Gasteiger partial charge in [-0.15, -0.1) is 0 Å². The molecule has 23 heavy (non-hydrogen) atoms. The number of amides is 1. The van der Waals surface area contributed by atoms with E-state index in [-0.39, 0.29) is 13.2 Å². The molecule has 0 aliphatic heterocycles. The Labute approximate surface area is 134 Å². The summed E-state index contributed by atoms with van der Waals surface area (Å²) < 4.78 is 5.03. The largest absolute Gasteiger partial charge is 0.445 e. The third-order valence-corrected chi connectivity index (χ3v) is 3.42. The second-order valence-electron chi connectivity index (χ2n) is 5.19. The fourth-order valence-electron chi connectivity index (χ4n) is 2.10. The van der Waals surface area contributed by atoms with Crippen molar-refractivity contribution < 1.29 is 19.7 Å². The number of hydrogen-bond donors (Lipinski definition) is 3. The molecule has 1 heterocycles. The van der Waals surface area contributed by atoms with Crippen molar-refractivity contribution in [2.24, 2.45) is 0 Å². The van der Waals surface area contributed by atoms with Gasteiger partial charge in [0.25, 0.3) is 0 Å². The van der Waals surface area contributed by atoms with Gasteiger partial charge in [0.15, 0.2) is 0 Å². The number of benzene rings is 1. The number of aliphatic hydroxyl groups excluding tert-OH is 2. The number of nitrogens with zero attached hydrogens (tertiary/aromatic N) is 1. The van der Waals surface area contributed by atoms with E-state index in [4.69, 9.17) is 4.74 Å². The summed E-state index contributed by atoms with van der Waals surface area (Å²) in [6.07, 6.45) is 0.256. The summed E-state index contributed by atoms with van der Waals surface area (Å²) in [7, 11) is 0. The molecular weight excluding hydrogens is 296 g/mol. The third-order valence-electron chi connectivity index (χ3n) is 3.42. The summed E-state index contributed by atoms with van der Waals surface area (Å²) in [5.74, 6) is 0. The monoisotopic (exact) mass is 316 g/mol.